The number of aromatic hydroxyl groups is 1. The molecule has 0 aromatic heterocycles. The van der Waals surface area contributed by atoms with Gasteiger partial charge in [0.2, 0.25) is 11.5 Å². The van der Waals surface area contributed by atoms with Gasteiger partial charge < -0.3 is 28.8 Å². The van der Waals surface area contributed by atoms with E-state index in [2.05, 4.69) is 0 Å². The van der Waals surface area contributed by atoms with Crippen molar-refractivity contribution in [2.24, 2.45) is 0 Å². The van der Waals surface area contributed by atoms with Crippen LogP contribution in [0.3, 0.4) is 0 Å². The Morgan fingerprint density at radius 1 is 0.926 bits per heavy atom. The van der Waals surface area contributed by atoms with Crippen molar-refractivity contribution in [1.82, 2.24) is 0 Å². The zero-order valence-electron chi connectivity index (χ0n) is 16.1. The molecule has 1 aliphatic heterocycles. The molecule has 2 atom stereocenters. The molecule has 0 bridgehead atoms. The second-order valence-electron chi connectivity index (χ2n) is 6.19. The average molecular weight is 372 g/mol. The summed E-state index contributed by atoms with van der Waals surface area (Å²) < 4.78 is 28.4. The third-order valence-corrected chi connectivity index (χ3v) is 4.44. The van der Waals surface area contributed by atoms with Gasteiger partial charge in [0.1, 0.15) is 6.10 Å². The van der Waals surface area contributed by atoms with Gasteiger partial charge in [0.05, 0.1) is 21.3 Å². The molecule has 0 aliphatic carbocycles. The molecule has 6 nitrogen and oxygen atoms in total. The summed E-state index contributed by atoms with van der Waals surface area (Å²) in [6, 6.07) is 7.26. The molecule has 0 saturated heterocycles. The van der Waals surface area contributed by atoms with Gasteiger partial charge in [-0.1, -0.05) is 12.2 Å². The van der Waals surface area contributed by atoms with Gasteiger partial charge in [-0.15, -0.1) is 0 Å². The Morgan fingerprint density at radius 3 is 2.11 bits per heavy atom. The van der Waals surface area contributed by atoms with Crippen molar-refractivity contribution < 1.29 is 28.8 Å². The van der Waals surface area contributed by atoms with Crippen LogP contribution in [0.25, 0.3) is 6.08 Å². The number of benzene rings is 2. The van der Waals surface area contributed by atoms with Crippen LogP contribution in [0.4, 0.5) is 0 Å². The maximum absolute atomic E-state index is 10.2. The van der Waals surface area contributed by atoms with Crippen molar-refractivity contribution >= 4 is 6.08 Å². The highest BCUT2D eigenvalue weighted by atomic mass is 16.6. The fraction of sp³-hybridized carbons (Fsp3) is 0.333. The zero-order valence-corrected chi connectivity index (χ0v) is 16.1. The van der Waals surface area contributed by atoms with Crippen molar-refractivity contribution in [1.29, 1.82) is 0 Å². The molecule has 0 saturated carbocycles. The average Bonchev–Trinajstić information content (AvgIpc) is 2.67. The largest absolute Gasteiger partial charge is 0.502 e. The van der Waals surface area contributed by atoms with Crippen LogP contribution in [0.1, 0.15) is 31.1 Å². The minimum absolute atomic E-state index is 0.0504. The first-order valence-electron chi connectivity index (χ1n) is 8.65. The molecule has 144 valence electrons. The van der Waals surface area contributed by atoms with Gasteiger partial charge in [0, 0.05) is 5.56 Å². The Balaban J connectivity index is 2.05. The lowest BCUT2D eigenvalue weighted by atomic mass is 10.0. The molecule has 0 spiro atoms. The van der Waals surface area contributed by atoms with Crippen LogP contribution in [0, 0.1) is 0 Å². The van der Waals surface area contributed by atoms with E-state index in [1.807, 2.05) is 38.1 Å². The number of hydrogen-bond donors (Lipinski definition) is 1. The summed E-state index contributed by atoms with van der Waals surface area (Å²) >= 11 is 0. The van der Waals surface area contributed by atoms with Crippen molar-refractivity contribution in [3.8, 4) is 34.5 Å². The Labute approximate surface area is 158 Å². The van der Waals surface area contributed by atoms with Gasteiger partial charge in [-0.3, -0.25) is 0 Å². The summed E-state index contributed by atoms with van der Waals surface area (Å²) in [6.07, 6.45) is 3.20. The molecule has 27 heavy (non-hydrogen) atoms. The third-order valence-electron chi connectivity index (χ3n) is 4.44. The molecule has 2 aromatic rings. The van der Waals surface area contributed by atoms with Crippen molar-refractivity contribution in [2.45, 2.75) is 26.1 Å². The summed E-state index contributed by atoms with van der Waals surface area (Å²) in [4.78, 5) is 0. The summed E-state index contributed by atoms with van der Waals surface area (Å²) in [5.41, 5.74) is 1.72. The van der Waals surface area contributed by atoms with Crippen molar-refractivity contribution in [3.05, 3.63) is 41.5 Å². The first kappa shape index (κ1) is 18.8. The fourth-order valence-corrected chi connectivity index (χ4v) is 3.14. The summed E-state index contributed by atoms with van der Waals surface area (Å²) in [6.45, 7) is 3.86. The monoisotopic (exact) mass is 372 g/mol. The van der Waals surface area contributed by atoms with Crippen LogP contribution in [0.5, 0.6) is 34.5 Å². The minimum Gasteiger partial charge on any atom is -0.502 e. The number of rotatable bonds is 5. The molecule has 3 rings (SSSR count). The first-order chi connectivity index (χ1) is 13.0. The van der Waals surface area contributed by atoms with Gasteiger partial charge >= 0.3 is 0 Å². The van der Waals surface area contributed by atoms with Gasteiger partial charge in [-0.2, -0.15) is 0 Å². The third kappa shape index (κ3) is 3.47. The first-order valence-corrected chi connectivity index (χ1v) is 8.65. The highest BCUT2D eigenvalue weighted by molar-refractivity contribution is 5.63. The maximum atomic E-state index is 10.2. The maximum Gasteiger partial charge on any atom is 0.204 e. The standard InChI is InChI=1S/C21H24O6/c1-6-7-13-8-17(25-5)21-18(9-13)27-20(12(2)26-21)14-10-15(23-3)19(22)16(11-14)24-4/h6-12,20,22H,1-5H3/b7-6+. The SMILES string of the molecule is C/C=C/c1cc(OC)c2c(c1)OC(c1cc(OC)c(O)c(OC)c1)C(C)O2. The predicted octanol–water partition coefficient (Wildman–Crippen LogP) is 4.35. The van der Waals surface area contributed by atoms with E-state index in [0.29, 0.717) is 28.7 Å². The smallest absolute Gasteiger partial charge is 0.204 e. The van der Waals surface area contributed by atoms with Crippen LogP contribution in [0.2, 0.25) is 0 Å². The zero-order chi connectivity index (χ0) is 19.6. The van der Waals surface area contributed by atoms with E-state index in [4.69, 9.17) is 23.7 Å². The molecule has 2 aromatic carbocycles. The number of methoxy groups -OCH3 is 3. The number of phenols is 1. The van der Waals surface area contributed by atoms with E-state index in [-0.39, 0.29) is 11.9 Å². The molecule has 2 unspecified atom stereocenters. The van der Waals surface area contributed by atoms with Crippen LogP contribution in [-0.2, 0) is 0 Å². The van der Waals surface area contributed by atoms with Crippen LogP contribution >= 0.6 is 0 Å². The lowest BCUT2D eigenvalue weighted by molar-refractivity contribution is 0.0279. The van der Waals surface area contributed by atoms with Crippen molar-refractivity contribution in [2.75, 3.05) is 21.3 Å². The number of ether oxygens (including phenoxy) is 5. The molecule has 6 heteroatoms. The van der Waals surface area contributed by atoms with E-state index >= 15 is 0 Å². The molecule has 0 amide bonds. The van der Waals surface area contributed by atoms with Crippen molar-refractivity contribution in [3.63, 3.8) is 0 Å². The van der Waals surface area contributed by atoms with Crippen LogP contribution < -0.4 is 23.7 Å². The Bertz CT molecular complexity index is 833. The summed E-state index contributed by atoms with van der Waals surface area (Å²) in [5, 5.41) is 10.2. The van der Waals surface area contributed by atoms with Crippen LogP contribution in [-0.4, -0.2) is 32.5 Å². The molecule has 1 heterocycles. The molecular formula is C21H24O6. The number of allylic oxidation sites excluding steroid dienone is 1. The van der Waals surface area contributed by atoms with Crippen LogP contribution in [0.15, 0.2) is 30.3 Å². The number of fused-ring (bicyclic) bond motifs is 1. The fourth-order valence-electron chi connectivity index (χ4n) is 3.14. The second kappa shape index (κ2) is 7.70. The van der Waals surface area contributed by atoms with E-state index in [1.165, 1.54) is 14.2 Å². The van der Waals surface area contributed by atoms with Gasteiger partial charge in [-0.25, -0.2) is 0 Å². The molecule has 1 N–H and O–H groups in total. The van der Waals surface area contributed by atoms with E-state index in [1.54, 1.807) is 19.2 Å². The minimum atomic E-state index is -0.411. The second-order valence-corrected chi connectivity index (χ2v) is 6.19. The van der Waals surface area contributed by atoms with Gasteiger partial charge in [0.15, 0.2) is 29.1 Å². The molecule has 0 radical (unpaired) electrons. The lowest BCUT2D eigenvalue weighted by Gasteiger charge is -2.33. The molecular weight excluding hydrogens is 348 g/mol. The molecule has 0 fully saturated rings. The Morgan fingerprint density at radius 2 is 1.56 bits per heavy atom. The predicted molar refractivity (Wildman–Crippen MR) is 102 cm³/mol. The summed E-state index contributed by atoms with van der Waals surface area (Å²) in [5.74, 6) is 2.36. The normalized spacial score (nSPS) is 18.4. The summed E-state index contributed by atoms with van der Waals surface area (Å²) in [7, 11) is 4.58. The van der Waals surface area contributed by atoms with E-state index < -0.39 is 6.10 Å². The van der Waals surface area contributed by atoms with Gasteiger partial charge in [0.25, 0.3) is 0 Å². The van der Waals surface area contributed by atoms with E-state index in [0.717, 1.165) is 11.1 Å². The Hall–Kier alpha value is -3.02. The van der Waals surface area contributed by atoms with Gasteiger partial charge in [-0.05, 0) is 43.7 Å². The topological polar surface area (TPSA) is 66.4 Å². The highest BCUT2D eigenvalue weighted by Gasteiger charge is 2.33. The highest BCUT2D eigenvalue weighted by Crippen LogP contribution is 2.48. The Kier molecular flexibility index (Phi) is 5.35. The quantitative estimate of drug-likeness (QED) is 0.842. The number of phenolic OH excluding ortho intramolecular Hbond substituents is 1. The number of hydrogen-bond acceptors (Lipinski definition) is 6. The molecule has 1 aliphatic rings. The van der Waals surface area contributed by atoms with E-state index in [9.17, 15) is 5.11 Å². The lowest BCUT2D eigenvalue weighted by Crippen LogP contribution is -2.31.